The van der Waals surface area contributed by atoms with Gasteiger partial charge in [-0.25, -0.2) is 0 Å². The molecule has 0 heterocycles. The molecule has 42 heavy (non-hydrogen) atoms. The van der Waals surface area contributed by atoms with Crippen molar-refractivity contribution in [3.8, 4) is 67.9 Å². The van der Waals surface area contributed by atoms with Gasteiger partial charge in [0.05, 0.1) is 28.4 Å². The molecule has 0 saturated carbocycles. The number of ether oxygens (including phenoxy) is 4. The van der Waals surface area contributed by atoms with Gasteiger partial charge in [-0.05, 0) is 70.1 Å². The van der Waals surface area contributed by atoms with Crippen LogP contribution in [0.1, 0.15) is 0 Å². The summed E-state index contributed by atoms with van der Waals surface area (Å²) >= 11 is 0. The highest BCUT2D eigenvalue weighted by atomic mass is 16.5. The second-order valence-electron chi connectivity index (χ2n) is 9.87. The molecule has 0 fully saturated rings. The topological polar surface area (TPSA) is 77.4 Å². The maximum absolute atomic E-state index is 12.2. The number of phenols is 2. The number of rotatable bonds is 7. The van der Waals surface area contributed by atoms with Gasteiger partial charge in [0.25, 0.3) is 0 Å². The fourth-order valence-electron chi connectivity index (χ4n) is 5.64. The van der Waals surface area contributed by atoms with Crippen molar-refractivity contribution in [3.63, 3.8) is 0 Å². The van der Waals surface area contributed by atoms with Crippen LogP contribution in [0.2, 0.25) is 0 Å². The molecule has 0 aromatic heterocycles. The van der Waals surface area contributed by atoms with Gasteiger partial charge in [-0.3, -0.25) is 0 Å². The van der Waals surface area contributed by atoms with E-state index in [1.165, 1.54) is 0 Å². The van der Waals surface area contributed by atoms with Gasteiger partial charge >= 0.3 is 0 Å². The minimum atomic E-state index is 0.00969. The zero-order chi connectivity index (χ0) is 29.4. The molecule has 6 rings (SSSR count). The van der Waals surface area contributed by atoms with Crippen LogP contribution in [0.4, 0.5) is 0 Å². The largest absolute Gasteiger partial charge is 0.507 e. The molecule has 210 valence electrons. The normalized spacial score (nSPS) is 11.0. The summed E-state index contributed by atoms with van der Waals surface area (Å²) < 4.78 is 22.4. The molecule has 6 heteroatoms. The molecule has 0 amide bonds. The number of benzene rings is 6. The Balaban J connectivity index is 1.76. The molecule has 0 unspecified atom stereocenters. The highest BCUT2D eigenvalue weighted by Crippen LogP contribution is 2.53. The predicted octanol–water partition coefficient (Wildman–Crippen LogP) is 8.44. The van der Waals surface area contributed by atoms with Crippen LogP contribution < -0.4 is 18.9 Å². The lowest BCUT2D eigenvalue weighted by atomic mass is 9.86. The molecule has 0 atom stereocenters. The summed E-state index contributed by atoms with van der Waals surface area (Å²) in [5.74, 6) is 2.43. The first-order chi connectivity index (χ1) is 20.5. The van der Waals surface area contributed by atoms with Gasteiger partial charge in [-0.1, -0.05) is 48.5 Å². The second kappa shape index (κ2) is 10.9. The Kier molecular flexibility index (Phi) is 6.97. The molecule has 0 radical (unpaired) electrons. The number of aromatic hydroxyl groups is 2. The highest BCUT2D eigenvalue weighted by Gasteiger charge is 2.25. The third kappa shape index (κ3) is 4.38. The Bertz CT molecular complexity index is 1820. The number of fused-ring (bicyclic) bond motifs is 2. The van der Waals surface area contributed by atoms with E-state index >= 15 is 0 Å². The monoisotopic (exact) mass is 558 g/mol. The molecule has 6 aromatic rings. The number of phenolic OH excluding ortho intramolecular Hbond substituents is 2. The van der Waals surface area contributed by atoms with Gasteiger partial charge in [0.1, 0.15) is 34.5 Å². The minimum absolute atomic E-state index is 0.00969. The zero-order valence-corrected chi connectivity index (χ0v) is 23.8. The van der Waals surface area contributed by atoms with E-state index in [0.717, 1.165) is 21.5 Å². The Morgan fingerprint density at radius 2 is 0.833 bits per heavy atom. The molecule has 6 aromatic carbocycles. The van der Waals surface area contributed by atoms with Gasteiger partial charge in [0, 0.05) is 33.4 Å². The summed E-state index contributed by atoms with van der Waals surface area (Å²) in [5, 5.41) is 27.7. The lowest BCUT2D eigenvalue weighted by molar-refractivity contribution is 0.404. The standard InChI is InChI=1S/C36H30O6/c1-39-23-13-15-31(41-3)27(19-23)29-17-21-9-5-7-11-25(21)33(35(29)37)34-26-12-8-6-10-22(26)18-30(36(34)38)28-20-24(40-2)14-16-32(28)42-4/h5-20,37-38H,1-4H3. The number of hydrogen-bond acceptors (Lipinski definition) is 6. The summed E-state index contributed by atoms with van der Waals surface area (Å²) in [6, 6.07) is 30.4. The van der Waals surface area contributed by atoms with E-state index in [9.17, 15) is 10.2 Å². The molecule has 0 saturated heterocycles. The van der Waals surface area contributed by atoms with Gasteiger partial charge in [-0.15, -0.1) is 0 Å². The van der Waals surface area contributed by atoms with Crippen LogP contribution in [0.3, 0.4) is 0 Å². The minimum Gasteiger partial charge on any atom is -0.507 e. The van der Waals surface area contributed by atoms with Gasteiger partial charge in [0.2, 0.25) is 0 Å². The first-order valence-electron chi connectivity index (χ1n) is 13.4. The quantitative estimate of drug-likeness (QED) is 0.205. The van der Waals surface area contributed by atoms with E-state index in [4.69, 9.17) is 18.9 Å². The van der Waals surface area contributed by atoms with Crippen molar-refractivity contribution < 1.29 is 29.2 Å². The molecule has 0 aliphatic heterocycles. The van der Waals surface area contributed by atoms with Crippen molar-refractivity contribution in [1.82, 2.24) is 0 Å². The van der Waals surface area contributed by atoms with Crippen molar-refractivity contribution >= 4 is 21.5 Å². The van der Waals surface area contributed by atoms with Gasteiger partial charge < -0.3 is 29.2 Å². The van der Waals surface area contributed by atoms with Crippen molar-refractivity contribution in [2.24, 2.45) is 0 Å². The van der Waals surface area contributed by atoms with Crippen molar-refractivity contribution in [2.45, 2.75) is 0 Å². The van der Waals surface area contributed by atoms with Crippen LogP contribution in [0.15, 0.2) is 97.1 Å². The van der Waals surface area contributed by atoms with Gasteiger partial charge in [0.15, 0.2) is 0 Å². The maximum atomic E-state index is 12.2. The molecular formula is C36H30O6. The number of hydrogen-bond donors (Lipinski definition) is 2. The highest BCUT2D eigenvalue weighted by molar-refractivity contribution is 6.14. The Morgan fingerprint density at radius 1 is 0.429 bits per heavy atom. The van der Waals surface area contributed by atoms with E-state index in [2.05, 4.69) is 0 Å². The maximum Gasteiger partial charge on any atom is 0.132 e. The third-order valence-corrected chi connectivity index (χ3v) is 7.69. The molecule has 2 N–H and O–H groups in total. The summed E-state index contributed by atoms with van der Waals surface area (Å²) in [4.78, 5) is 0. The van der Waals surface area contributed by atoms with Crippen molar-refractivity contribution in [2.75, 3.05) is 28.4 Å². The van der Waals surface area contributed by atoms with Crippen LogP contribution in [0.5, 0.6) is 34.5 Å². The van der Waals surface area contributed by atoms with E-state index in [1.54, 1.807) is 28.4 Å². The fourth-order valence-corrected chi connectivity index (χ4v) is 5.64. The first-order valence-corrected chi connectivity index (χ1v) is 13.4. The molecule has 0 spiro atoms. The Labute approximate surface area is 243 Å². The van der Waals surface area contributed by atoms with Crippen LogP contribution in [0.25, 0.3) is 54.9 Å². The predicted molar refractivity (Wildman–Crippen MR) is 167 cm³/mol. The summed E-state index contributed by atoms with van der Waals surface area (Å²) in [6.45, 7) is 0. The van der Waals surface area contributed by atoms with Crippen LogP contribution >= 0.6 is 0 Å². The van der Waals surface area contributed by atoms with E-state index < -0.39 is 0 Å². The van der Waals surface area contributed by atoms with Crippen molar-refractivity contribution in [3.05, 3.63) is 97.1 Å². The second-order valence-corrected chi connectivity index (χ2v) is 9.87. The molecular weight excluding hydrogens is 528 g/mol. The van der Waals surface area contributed by atoms with Crippen LogP contribution in [-0.4, -0.2) is 38.7 Å². The summed E-state index contributed by atoms with van der Waals surface area (Å²) in [7, 11) is 6.38. The lowest BCUT2D eigenvalue weighted by Gasteiger charge is -2.21. The lowest BCUT2D eigenvalue weighted by Crippen LogP contribution is -1.95. The average Bonchev–Trinajstić information content (AvgIpc) is 3.04. The Hall–Kier alpha value is -5.36. The molecule has 0 aliphatic carbocycles. The third-order valence-electron chi connectivity index (χ3n) is 7.69. The smallest absolute Gasteiger partial charge is 0.132 e. The molecule has 0 bridgehead atoms. The van der Waals surface area contributed by atoms with Gasteiger partial charge in [-0.2, -0.15) is 0 Å². The molecule has 6 nitrogen and oxygen atoms in total. The average molecular weight is 559 g/mol. The van der Waals surface area contributed by atoms with E-state index in [0.29, 0.717) is 56.4 Å². The summed E-state index contributed by atoms with van der Waals surface area (Å²) in [5.41, 5.74) is 3.43. The van der Waals surface area contributed by atoms with Crippen molar-refractivity contribution in [1.29, 1.82) is 0 Å². The van der Waals surface area contributed by atoms with E-state index in [-0.39, 0.29) is 11.5 Å². The van der Waals surface area contributed by atoms with E-state index in [1.807, 2.05) is 97.1 Å². The van der Waals surface area contributed by atoms with Crippen LogP contribution in [-0.2, 0) is 0 Å². The first kappa shape index (κ1) is 26.8. The number of methoxy groups -OCH3 is 4. The summed E-state index contributed by atoms with van der Waals surface area (Å²) in [6.07, 6.45) is 0. The zero-order valence-electron chi connectivity index (χ0n) is 23.8. The molecule has 0 aliphatic rings. The SMILES string of the molecule is COc1ccc(OC)c(-c2cc3ccccc3c(-c3c(O)c(-c4cc(OC)ccc4OC)cc4ccccc34)c2O)c1. The Morgan fingerprint density at radius 3 is 1.21 bits per heavy atom. The van der Waals surface area contributed by atoms with Crippen LogP contribution in [0, 0.1) is 0 Å². The fraction of sp³-hybridized carbons (Fsp3) is 0.111.